The normalized spacial score (nSPS) is 11.2. The van der Waals surface area contributed by atoms with Gasteiger partial charge in [-0.3, -0.25) is 14.3 Å². The van der Waals surface area contributed by atoms with Crippen LogP contribution < -0.4 is 0 Å². The molecule has 7 nitrogen and oxygen atoms in total. The zero-order chi connectivity index (χ0) is 23.5. The number of thiophene rings is 1. The summed E-state index contributed by atoms with van der Waals surface area (Å²) in [6.45, 7) is 5.31. The van der Waals surface area contributed by atoms with Crippen molar-refractivity contribution in [3.63, 3.8) is 0 Å². The van der Waals surface area contributed by atoms with E-state index in [1.165, 1.54) is 16.6 Å². The van der Waals surface area contributed by atoms with Gasteiger partial charge in [0.25, 0.3) is 0 Å². The first-order valence-corrected chi connectivity index (χ1v) is 12.7. The monoisotopic (exact) mass is 489 g/mol. The van der Waals surface area contributed by atoms with Crippen LogP contribution in [0.4, 0.5) is 0 Å². The van der Waals surface area contributed by atoms with E-state index >= 15 is 0 Å². The van der Waals surface area contributed by atoms with E-state index in [1.54, 1.807) is 30.0 Å². The van der Waals surface area contributed by atoms with Gasteiger partial charge in [-0.05, 0) is 55.6 Å². The summed E-state index contributed by atoms with van der Waals surface area (Å²) >= 11 is 3.11. The molecule has 5 rings (SSSR count). The standard InChI is InChI=1S/C25H23N5O2S2/c1-17-12-22(18(2)29(17)15-21-8-5-11-33-21)23(31)16-34-25-28-27-24(19-6-3-9-26-13-19)30(25)14-20-7-4-10-32-20/h3-13H,14-16H2,1-2H3. The Hall–Kier alpha value is -3.43. The van der Waals surface area contributed by atoms with Crippen LogP contribution in [0.1, 0.15) is 32.4 Å². The molecule has 0 bridgehead atoms. The predicted octanol–water partition coefficient (Wildman–Crippen LogP) is 5.48. The third kappa shape index (κ3) is 4.62. The van der Waals surface area contributed by atoms with Crippen molar-refractivity contribution in [1.82, 2.24) is 24.3 Å². The number of hydrogen-bond acceptors (Lipinski definition) is 7. The molecule has 172 valence electrons. The first-order valence-electron chi connectivity index (χ1n) is 10.8. The van der Waals surface area contributed by atoms with E-state index in [0.717, 1.165) is 34.8 Å². The first-order chi connectivity index (χ1) is 16.6. The molecule has 0 N–H and O–H groups in total. The van der Waals surface area contributed by atoms with Crippen LogP contribution in [0.15, 0.2) is 76.1 Å². The van der Waals surface area contributed by atoms with Crippen LogP contribution in [0.5, 0.6) is 0 Å². The second-order valence-electron chi connectivity index (χ2n) is 7.88. The van der Waals surface area contributed by atoms with Gasteiger partial charge in [-0.1, -0.05) is 17.8 Å². The van der Waals surface area contributed by atoms with Crippen molar-refractivity contribution in [2.45, 2.75) is 32.1 Å². The molecule has 0 saturated heterocycles. The molecule has 0 amide bonds. The van der Waals surface area contributed by atoms with E-state index < -0.39 is 0 Å². The predicted molar refractivity (Wildman–Crippen MR) is 133 cm³/mol. The average Bonchev–Trinajstić information content (AvgIpc) is 3.65. The van der Waals surface area contributed by atoms with Crippen molar-refractivity contribution in [1.29, 1.82) is 0 Å². The van der Waals surface area contributed by atoms with Gasteiger partial charge in [-0.25, -0.2) is 0 Å². The van der Waals surface area contributed by atoms with Crippen LogP contribution in [0.25, 0.3) is 11.4 Å². The van der Waals surface area contributed by atoms with Crippen molar-refractivity contribution < 1.29 is 9.21 Å². The Kier molecular flexibility index (Phi) is 6.46. The summed E-state index contributed by atoms with van der Waals surface area (Å²) in [6, 6.07) is 13.7. The van der Waals surface area contributed by atoms with Gasteiger partial charge in [-0.15, -0.1) is 21.5 Å². The number of aromatic nitrogens is 5. The minimum absolute atomic E-state index is 0.0750. The van der Waals surface area contributed by atoms with Gasteiger partial charge in [0.05, 0.1) is 25.1 Å². The molecule has 0 fully saturated rings. The Morgan fingerprint density at radius 1 is 1.09 bits per heavy atom. The van der Waals surface area contributed by atoms with E-state index in [0.29, 0.717) is 17.5 Å². The number of furan rings is 1. The smallest absolute Gasteiger partial charge is 0.192 e. The maximum atomic E-state index is 13.2. The number of hydrogen-bond donors (Lipinski definition) is 0. The Morgan fingerprint density at radius 3 is 2.74 bits per heavy atom. The van der Waals surface area contributed by atoms with E-state index in [2.05, 4.69) is 37.3 Å². The lowest BCUT2D eigenvalue weighted by atomic mass is 10.2. The van der Waals surface area contributed by atoms with Gasteiger partial charge >= 0.3 is 0 Å². The van der Waals surface area contributed by atoms with Crippen molar-refractivity contribution in [3.05, 3.63) is 94.1 Å². The van der Waals surface area contributed by atoms with E-state index in [1.807, 2.05) is 48.7 Å². The maximum Gasteiger partial charge on any atom is 0.192 e. The molecule has 5 aromatic heterocycles. The van der Waals surface area contributed by atoms with Crippen LogP contribution in [0.3, 0.4) is 0 Å². The summed E-state index contributed by atoms with van der Waals surface area (Å²) in [5.41, 5.74) is 3.69. The first kappa shape index (κ1) is 22.4. The van der Waals surface area contributed by atoms with Gasteiger partial charge < -0.3 is 8.98 Å². The number of Topliss-reactive ketones (excluding diaryl/α,β-unsaturated/α-hetero) is 1. The number of carbonyl (C=O) groups is 1. The van der Waals surface area contributed by atoms with Crippen LogP contribution in [0.2, 0.25) is 0 Å². The molecule has 0 aliphatic heterocycles. The van der Waals surface area contributed by atoms with E-state index in [9.17, 15) is 4.79 Å². The Balaban J connectivity index is 1.37. The van der Waals surface area contributed by atoms with E-state index in [-0.39, 0.29) is 11.5 Å². The average molecular weight is 490 g/mol. The van der Waals surface area contributed by atoms with Gasteiger partial charge in [0, 0.05) is 39.8 Å². The van der Waals surface area contributed by atoms with Crippen molar-refractivity contribution in [2.75, 3.05) is 5.75 Å². The lowest BCUT2D eigenvalue weighted by Crippen LogP contribution is -2.08. The number of carbonyl (C=O) groups excluding carboxylic acids is 1. The molecule has 34 heavy (non-hydrogen) atoms. The number of aryl methyl sites for hydroxylation is 1. The summed E-state index contributed by atoms with van der Waals surface area (Å²) in [7, 11) is 0. The fourth-order valence-corrected chi connectivity index (χ4v) is 5.41. The number of thioether (sulfide) groups is 1. The highest BCUT2D eigenvalue weighted by Crippen LogP contribution is 2.27. The van der Waals surface area contributed by atoms with Crippen LogP contribution >= 0.6 is 23.1 Å². The SMILES string of the molecule is Cc1cc(C(=O)CSc2nnc(-c3cccnc3)n2Cc2ccco2)c(C)n1Cc1cccs1. The summed E-state index contributed by atoms with van der Waals surface area (Å²) < 4.78 is 9.72. The van der Waals surface area contributed by atoms with Crippen LogP contribution in [-0.4, -0.2) is 35.9 Å². The molecule has 0 saturated carbocycles. The quantitative estimate of drug-likeness (QED) is 0.201. The highest BCUT2D eigenvalue weighted by molar-refractivity contribution is 7.99. The fourth-order valence-electron chi connectivity index (χ4n) is 3.90. The molecule has 5 aromatic rings. The maximum absolute atomic E-state index is 13.2. The summed E-state index contributed by atoms with van der Waals surface area (Å²) in [5.74, 6) is 1.82. The molecule has 0 radical (unpaired) electrons. The molecule has 9 heteroatoms. The highest BCUT2D eigenvalue weighted by atomic mass is 32.2. The molecule has 0 atom stereocenters. The molecule has 0 aliphatic rings. The third-order valence-electron chi connectivity index (χ3n) is 5.63. The summed E-state index contributed by atoms with van der Waals surface area (Å²) in [6.07, 6.45) is 5.12. The lowest BCUT2D eigenvalue weighted by molar-refractivity contribution is 0.102. The number of pyridine rings is 1. The fraction of sp³-hybridized carbons (Fsp3) is 0.200. The molecule has 5 heterocycles. The molecule has 0 aromatic carbocycles. The second-order valence-corrected chi connectivity index (χ2v) is 9.85. The number of ketones is 1. The summed E-state index contributed by atoms with van der Waals surface area (Å²) in [5, 5.41) is 11.5. The molecular formula is C25H23N5O2S2. The minimum atomic E-state index is 0.0750. The van der Waals surface area contributed by atoms with Gasteiger partial charge in [0.2, 0.25) is 0 Å². The van der Waals surface area contributed by atoms with Gasteiger partial charge in [0.15, 0.2) is 16.8 Å². The molecule has 0 spiro atoms. The van der Waals surface area contributed by atoms with Crippen LogP contribution in [-0.2, 0) is 13.1 Å². The Bertz CT molecular complexity index is 1390. The number of nitrogens with zero attached hydrogens (tertiary/aromatic N) is 5. The Morgan fingerprint density at radius 2 is 2.00 bits per heavy atom. The van der Waals surface area contributed by atoms with Crippen molar-refractivity contribution >= 4 is 28.9 Å². The molecule has 0 aliphatic carbocycles. The molecule has 0 unspecified atom stereocenters. The van der Waals surface area contributed by atoms with Gasteiger partial charge in [0.1, 0.15) is 5.76 Å². The topological polar surface area (TPSA) is 78.7 Å². The second kappa shape index (κ2) is 9.82. The Labute approximate surface area is 205 Å². The van der Waals surface area contributed by atoms with Gasteiger partial charge in [-0.2, -0.15) is 0 Å². The highest BCUT2D eigenvalue weighted by Gasteiger charge is 2.20. The molecular weight excluding hydrogens is 466 g/mol. The largest absolute Gasteiger partial charge is 0.467 e. The number of rotatable bonds is 9. The zero-order valence-corrected chi connectivity index (χ0v) is 20.5. The van der Waals surface area contributed by atoms with Crippen LogP contribution in [0, 0.1) is 13.8 Å². The zero-order valence-electron chi connectivity index (χ0n) is 18.8. The van der Waals surface area contributed by atoms with Crippen molar-refractivity contribution in [3.8, 4) is 11.4 Å². The minimum Gasteiger partial charge on any atom is -0.467 e. The van der Waals surface area contributed by atoms with E-state index in [4.69, 9.17) is 4.42 Å². The van der Waals surface area contributed by atoms with Crippen molar-refractivity contribution in [2.24, 2.45) is 0 Å². The lowest BCUT2D eigenvalue weighted by Gasteiger charge is -2.09. The summed E-state index contributed by atoms with van der Waals surface area (Å²) in [4.78, 5) is 18.7. The third-order valence-corrected chi connectivity index (χ3v) is 7.46.